The number of carbonyl (C=O) groups excluding carboxylic acids is 3. The summed E-state index contributed by atoms with van der Waals surface area (Å²) < 4.78 is 7.75. The van der Waals surface area contributed by atoms with Gasteiger partial charge < -0.3 is 30.6 Å². The van der Waals surface area contributed by atoms with Gasteiger partial charge in [-0.05, 0) is 62.5 Å². The predicted molar refractivity (Wildman–Crippen MR) is 181 cm³/mol. The lowest BCUT2D eigenvalue weighted by molar-refractivity contribution is -0.134. The summed E-state index contributed by atoms with van der Waals surface area (Å²) in [4.78, 5) is 56.1. The van der Waals surface area contributed by atoms with Crippen LogP contribution in [0.2, 0.25) is 0 Å². The van der Waals surface area contributed by atoms with E-state index < -0.39 is 35.4 Å². The van der Waals surface area contributed by atoms with E-state index >= 15 is 0 Å². The van der Waals surface area contributed by atoms with Gasteiger partial charge in [-0.15, -0.1) is 0 Å². The van der Waals surface area contributed by atoms with Crippen LogP contribution in [0.5, 0.6) is 5.75 Å². The fourth-order valence-electron chi connectivity index (χ4n) is 5.50. The molecule has 0 saturated carbocycles. The van der Waals surface area contributed by atoms with Crippen LogP contribution in [0.15, 0.2) is 61.4 Å². The minimum Gasteiger partial charge on any atom is -0.494 e. The van der Waals surface area contributed by atoms with Crippen molar-refractivity contribution in [3.05, 3.63) is 67.0 Å². The molecule has 47 heavy (non-hydrogen) atoms. The van der Waals surface area contributed by atoms with Crippen LogP contribution >= 0.6 is 0 Å². The lowest BCUT2D eigenvalue weighted by Crippen LogP contribution is -2.60. The number of hydrogen-bond donors (Lipinski definition) is 4. The molecule has 248 valence electrons. The Bertz CT molecular complexity index is 1710. The number of anilines is 3. The molecule has 1 aliphatic heterocycles. The number of fused-ring (bicyclic) bond motifs is 1. The summed E-state index contributed by atoms with van der Waals surface area (Å²) in [6.07, 6.45) is 8.25. The van der Waals surface area contributed by atoms with E-state index in [2.05, 4.69) is 36.2 Å². The molecular formula is C34H43N9O4. The number of rotatable bonds is 11. The minimum atomic E-state index is -1.03. The van der Waals surface area contributed by atoms with Crippen molar-refractivity contribution in [2.24, 2.45) is 5.41 Å². The van der Waals surface area contributed by atoms with Gasteiger partial charge in [-0.3, -0.25) is 14.4 Å². The lowest BCUT2D eigenvalue weighted by Gasteiger charge is -2.36. The van der Waals surface area contributed by atoms with Gasteiger partial charge >= 0.3 is 0 Å². The maximum Gasteiger partial charge on any atom is 0.257 e. The van der Waals surface area contributed by atoms with Crippen LogP contribution < -0.4 is 30.9 Å². The highest BCUT2D eigenvalue weighted by Crippen LogP contribution is 2.37. The SMILES string of the molecule is CN[C@@H](C)C(=O)N[C@H](C(=O)N(C(=O)[C@@H]1CCCN1)c1cc2c(Nc3ccc(Cn4ccnc4)cc3)ncnc2cc1OC)C(C)(C)C. The quantitative estimate of drug-likeness (QED) is 0.192. The van der Waals surface area contributed by atoms with Gasteiger partial charge in [-0.2, -0.15) is 0 Å². The average Bonchev–Trinajstić information content (AvgIpc) is 3.79. The standard InChI is InChI=1S/C34H43N9O4/c1-21(35-5)31(44)41-29(34(2,3)4)33(46)43(32(45)25-8-7-13-37-25)27-16-24-26(17-28(27)47-6)38-19-39-30(24)40-23-11-9-22(10-12-23)18-42-15-14-36-20-42/h9-12,14-17,19-21,25,29,35,37H,7-8,13,18H2,1-6H3,(H,41,44)(H,38,39,40)/t21-,25-,29+/m0/s1. The van der Waals surface area contributed by atoms with Crippen molar-refractivity contribution in [1.82, 2.24) is 35.5 Å². The second kappa shape index (κ2) is 14.3. The number of nitrogens with zero attached hydrogens (tertiary/aromatic N) is 5. The van der Waals surface area contributed by atoms with E-state index in [1.807, 2.05) is 55.8 Å². The van der Waals surface area contributed by atoms with E-state index in [1.165, 1.54) is 13.4 Å². The van der Waals surface area contributed by atoms with Gasteiger partial charge in [0.05, 0.1) is 36.7 Å². The molecule has 5 rings (SSSR count). The fraction of sp³-hybridized carbons (Fsp3) is 0.412. The Hall–Kier alpha value is -4.88. The number of aromatic nitrogens is 4. The van der Waals surface area contributed by atoms with Crippen molar-refractivity contribution in [2.45, 2.75) is 65.2 Å². The third kappa shape index (κ3) is 7.58. The first kappa shape index (κ1) is 33.5. The summed E-state index contributed by atoms with van der Waals surface area (Å²) >= 11 is 0. The summed E-state index contributed by atoms with van der Waals surface area (Å²) in [5.74, 6) is -0.564. The van der Waals surface area contributed by atoms with Gasteiger partial charge in [0.2, 0.25) is 5.91 Å². The van der Waals surface area contributed by atoms with Crippen LogP contribution in [-0.4, -0.2) is 76.1 Å². The molecule has 1 saturated heterocycles. The Kier molecular flexibility index (Phi) is 10.2. The molecule has 0 bridgehead atoms. The second-order valence-electron chi connectivity index (χ2n) is 12.8. The number of nitrogens with one attached hydrogen (secondary N) is 4. The topological polar surface area (TPSA) is 155 Å². The zero-order valence-electron chi connectivity index (χ0n) is 27.7. The smallest absolute Gasteiger partial charge is 0.257 e. The molecule has 13 nitrogen and oxygen atoms in total. The van der Waals surface area contributed by atoms with Crippen LogP contribution in [0.3, 0.4) is 0 Å². The van der Waals surface area contributed by atoms with Crippen molar-refractivity contribution in [3.63, 3.8) is 0 Å². The van der Waals surface area contributed by atoms with Gasteiger partial charge in [0.1, 0.15) is 23.9 Å². The molecule has 4 N–H and O–H groups in total. The highest BCUT2D eigenvalue weighted by atomic mass is 16.5. The van der Waals surface area contributed by atoms with Crippen LogP contribution in [0.4, 0.5) is 17.2 Å². The molecule has 3 heterocycles. The number of benzene rings is 2. The maximum atomic E-state index is 14.6. The van der Waals surface area contributed by atoms with Crippen LogP contribution in [-0.2, 0) is 20.9 Å². The monoisotopic (exact) mass is 641 g/mol. The maximum absolute atomic E-state index is 14.6. The van der Waals surface area contributed by atoms with Crippen LogP contribution in [0.1, 0.15) is 46.1 Å². The lowest BCUT2D eigenvalue weighted by atomic mass is 9.85. The average molecular weight is 642 g/mol. The van der Waals surface area contributed by atoms with Gasteiger partial charge in [-0.1, -0.05) is 32.9 Å². The molecule has 2 aromatic carbocycles. The Balaban J connectivity index is 1.56. The first-order valence-corrected chi connectivity index (χ1v) is 15.7. The minimum absolute atomic E-state index is 0.238. The molecule has 3 amide bonds. The van der Waals surface area contributed by atoms with E-state index in [0.717, 1.165) is 22.6 Å². The molecule has 3 atom stereocenters. The van der Waals surface area contributed by atoms with Gasteiger partial charge in [0.15, 0.2) is 0 Å². The Labute approximate surface area is 274 Å². The second-order valence-corrected chi connectivity index (χ2v) is 12.8. The first-order chi connectivity index (χ1) is 22.5. The van der Waals surface area contributed by atoms with Crippen molar-refractivity contribution in [2.75, 3.05) is 30.9 Å². The number of imidazole rings is 1. The molecule has 4 aromatic rings. The number of methoxy groups -OCH3 is 1. The van der Waals surface area contributed by atoms with Gasteiger partial charge in [0, 0.05) is 36.1 Å². The third-order valence-corrected chi connectivity index (χ3v) is 8.34. The number of ether oxygens (including phenoxy) is 1. The van der Waals surface area contributed by atoms with Crippen LogP contribution in [0, 0.1) is 5.41 Å². The van der Waals surface area contributed by atoms with Crippen LogP contribution in [0.25, 0.3) is 10.9 Å². The summed E-state index contributed by atoms with van der Waals surface area (Å²) in [7, 11) is 3.15. The summed E-state index contributed by atoms with van der Waals surface area (Å²) in [6.45, 7) is 8.62. The molecule has 0 unspecified atom stereocenters. The molecule has 0 aliphatic carbocycles. The largest absolute Gasteiger partial charge is 0.494 e. The molecule has 13 heteroatoms. The molecule has 0 radical (unpaired) electrons. The number of carbonyl (C=O) groups is 3. The Morgan fingerprint density at radius 2 is 1.91 bits per heavy atom. The number of likely N-dealkylation sites (N-methyl/N-ethyl adjacent to an activating group) is 1. The highest BCUT2D eigenvalue weighted by Gasteiger charge is 2.42. The van der Waals surface area contributed by atoms with Gasteiger partial charge in [0.25, 0.3) is 11.8 Å². The molecule has 0 spiro atoms. The molecule has 1 aliphatic rings. The van der Waals surface area contributed by atoms with E-state index in [0.29, 0.717) is 36.2 Å². The van der Waals surface area contributed by atoms with Crippen molar-refractivity contribution >= 4 is 45.8 Å². The molecule has 1 fully saturated rings. The van der Waals surface area contributed by atoms with Crippen molar-refractivity contribution in [1.29, 1.82) is 0 Å². The zero-order valence-corrected chi connectivity index (χ0v) is 27.7. The summed E-state index contributed by atoms with van der Waals surface area (Å²) in [5, 5.41) is 13.0. The Morgan fingerprint density at radius 1 is 1.15 bits per heavy atom. The van der Waals surface area contributed by atoms with E-state index in [4.69, 9.17) is 4.74 Å². The van der Waals surface area contributed by atoms with E-state index in [1.54, 1.807) is 38.6 Å². The summed E-state index contributed by atoms with van der Waals surface area (Å²) in [6, 6.07) is 9.19. The normalized spacial score (nSPS) is 16.0. The summed E-state index contributed by atoms with van der Waals surface area (Å²) in [5.41, 5.74) is 1.96. The Morgan fingerprint density at radius 3 is 2.53 bits per heavy atom. The highest BCUT2D eigenvalue weighted by molar-refractivity contribution is 6.20. The van der Waals surface area contributed by atoms with E-state index in [-0.39, 0.29) is 17.3 Å². The number of hydrogen-bond acceptors (Lipinski definition) is 10. The number of imide groups is 1. The first-order valence-electron chi connectivity index (χ1n) is 15.7. The van der Waals surface area contributed by atoms with Crippen molar-refractivity contribution < 1.29 is 19.1 Å². The van der Waals surface area contributed by atoms with Crippen molar-refractivity contribution in [3.8, 4) is 5.75 Å². The van der Waals surface area contributed by atoms with E-state index in [9.17, 15) is 14.4 Å². The predicted octanol–water partition coefficient (Wildman–Crippen LogP) is 3.38. The molecule has 2 aromatic heterocycles. The zero-order chi connectivity index (χ0) is 33.7. The number of amides is 3. The third-order valence-electron chi connectivity index (χ3n) is 8.34. The molecular weight excluding hydrogens is 598 g/mol. The van der Waals surface area contributed by atoms with Gasteiger partial charge in [-0.25, -0.2) is 19.9 Å². The fourth-order valence-corrected chi connectivity index (χ4v) is 5.50.